The molecule has 0 radical (unpaired) electrons. The second kappa shape index (κ2) is 8.99. The number of aromatic nitrogens is 1. The number of fused-ring (bicyclic) bond motifs is 2. The Balaban J connectivity index is 1.55. The largest absolute Gasteiger partial charge is 0.507 e. The number of anilines is 1. The van der Waals surface area contributed by atoms with Crippen molar-refractivity contribution in [1.82, 2.24) is 4.98 Å². The average Bonchev–Trinajstić information content (AvgIpc) is 3.56. The van der Waals surface area contributed by atoms with Crippen molar-refractivity contribution in [2.75, 3.05) is 12.0 Å². The number of benzene rings is 3. The Labute approximate surface area is 224 Å². The van der Waals surface area contributed by atoms with Crippen molar-refractivity contribution in [3.05, 3.63) is 88.0 Å². The van der Waals surface area contributed by atoms with Crippen LogP contribution in [-0.4, -0.2) is 35.0 Å². The van der Waals surface area contributed by atoms with Gasteiger partial charge in [-0.3, -0.25) is 14.5 Å². The highest BCUT2D eigenvalue weighted by Crippen LogP contribution is 2.45. The Bertz CT molecular complexity index is 1670. The lowest BCUT2D eigenvalue weighted by atomic mass is 9.94. The molecule has 2 aliphatic heterocycles. The molecule has 1 N–H and O–H groups in total. The molecule has 2 aliphatic rings. The molecule has 3 heterocycles. The van der Waals surface area contributed by atoms with Crippen molar-refractivity contribution in [3.63, 3.8) is 0 Å². The first-order chi connectivity index (χ1) is 18.2. The number of rotatable bonds is 4. The lowest BCUT2D eigenvalue weighted by Crippen LogP contribution is -2.29. The summed E-state index contributed by atoms with van der Waals surface area (Å²) in [7, 11) is 1.56. The number of aryl methyl sites for hydroxylation is 2. The van der Waals surface area contributed by atoms with E-state index in [1.807, 2.05) is 45.0 Å². The van der Waals surface area contributed by atoms with Crippen molar-refractivity contribution in [1.29, 1.82) is 0 Å². The minimum atomic E-state index is -0.879. The molecule has 8 heteroatoms. The molecular weight excluding hydrogens is 500 g/mol. The quantitative estimate of drug-likeness (QED) is 0.203. The van der Waals surface area contributed by atoms with Crippen LogP contribution in [-0.2, 0) is 16.0 Å². The van der Waals surface area contributed by atoms with Gasteiger partial charge in [0.2, 0.25) is 0 Å². The van der Waals surface area contributed by atoms with E-state index in [4.69, 9.17) is 14.5 Å². The molecule has 4 aromatic rings. The maximum atomic E-state index is 13.6. The fraction of sp³-hybridized carbons (Fsp3) is 0.233. The van der Waals surface area contributed by atoms with Gasteiger partial charge in [-0.2, -0.15) is 0 Å². The molecule has 1 amide bonds. The normalized spacial score (nSPS) is 20.2. The molecule has 0 aliphatic carbocycles. The first-order valence-electron chi connectivity index (χ1n) is 12.4. The van der Waals surface area contributed by atoms with Gasteiger partial charge in [-0.25, -0.2) is 4.98 Å². The van der Waals surface area contributed by atoms with Crippen molar-refractivity contribution < 1.29 is 24.2 Å². The second-order valence-electron chi connectivity index (χ2n) is 9.83. The maximum Gasteiger partial charge on any atom is 0.301 e. The topological polar surface area (TPSA) is 89.0 Å². The van der Waals surface area contributed by atoms with Crippen LogP contribution in [0.1, 0.15) is 40.8 Å². The molecule has 3 aromatic carbocycles. The Hall–Kier alpha value is -4.17. The number of carbonyl (C=O) groups is 2. The van der Waals surface area contributed by atoms with Crippen LogP contribution in [0, 0.1) is 13.8 Å². The third kappa shape index (κ3) is 3.83. The van der Waals surface area contributed by atoms with Crippen LogP contribution in [0.5, 0.6) is 11.5 Å². The van der Waals surface area contributed by atoms with Crippen molar-refractivity contribution in [2.45, 2.75) is 39.3 Å². The Morgan fingerprint density at radius 2 is 1.95 bits per heavy atom. The lowest BCUT2D eigenvalue weighted by Gasteiger charge is -2.23. The molecule has 2 atom stereocenters. The molecule has 1 fully saturated rings. The zero-order chi connectivity index (χ0) is 26.7. The zero-order valence-corrected chi connectivity index (χ0v) is 22.3. The number of aliphatic hydroxyl groups is 1. The summed E-state index contributed by atoms with van der Waals surface area (Å²) in [5.74, 6) is -0.376. The maximum absolute atomic E-state index is 13.6. The van der Waals surface area contributed by atoms with E-state index in [1.54, 1.807) is 37.4 Å². The van der Waals surface area contributed by atoms with Crippen LogP contribution in [0.25, 0.3) is 16.0 Å². The molecule has 0 bridgehead atoms. The van der Waals surface area contributed by atoms with Crippen molar-refractivity contribution >= 4 is 44.1 Å². The minimum absolute atomic E-state index is 0.0160. The molecule has 7 nitrogen and oxygen atoms in total. The van der Waals surface area contributed by atoms with Gasteiger partial charge in [0, 0.05) is 12.0 Å². The van der Waals surface area contributed by atoms with Gasteiger partial charge >= 0.3 is 5.91 Å². The van der Waals surface area contributed by atoms with Crippen LogP contribution in [0.15, 0.2) is 60.2 Å². The molecule has 0 spiro atoms. The Morgan fingerprint density at radius 1 is 1.13 bits per heavy atom. The zero-order valence-electron chi connectivity index (χ0n) is 21.4. The summed E-state index contributed by atoms with van der Waals surface area (Å²) in [5.41, 5.74) is 4.93. The predicted octanol–water partition coefficient (Wildman–Crippen LogP) is 5.87. The number of amides is 1. The standard InChI is InChI=1S/C30H26N2O5S/c1-15-10-16(2)25-23(11-15)38-30(31-25)32-26(18-6-5-7-21(14-18)36-4)24(28(34)29(32)35)27(33)19-8-9-22-20(13-19)12-17(3)37-22/h5-11,13-14,17,26,33H,12H2,1-4H3/t17-,26+/m0/s1. The first kappa shape index (κ1) is 24.2. The van der Waals surface area contributed by atoms with E-state index in [1.165, 1.54) is 16.2 Å². The van der Waals surface area contributed by atoms with E-state index >= 15 is 0 Å². The number of Topliss-reactive ketones (excluding diaryl/α,β-unsaturated/α-hetero) is 1. The van der Waals surface area contributed by atoms with E-state index in [-0.39, 0.29) is 17.4 Å². The SMILES string of the molecule is COc1cccc([C@@H]2C(=C(O)c3ccc4c(c3)C[C@H](C)O4)C(=O)C(=O)N2c2nc3c(C)cc(C)cc3s2)c1. The van der Waals surface area contributed by atoms with Gasteiger partial charge < -0.3 is 14.6 Å². The van der Waals surface area contributed by atoms with Crippen LogP contribution in [0.3, 0.4) is 0 Å². The fourth-order valence-electron chi connectivity index (χ4n) is 5.34. The highest BCUT2D eigenvalue weighted by Gasteiger charge is 2.48. The van der Waals surface area contributed by atoms with Gasteiger partial charge in [-0.1, -0.05) is 29.5 Å². The number of methoxy groups -OCH3 is 1. The van der Waals surface area contributed by atoms with Gasteiger partial charge in [-0.05, 0) is 79.4 Å². The predicted molar refractivity (Wildman–Crippen MR) is 147 cm³/mol. The molecule has 38 heavy (non-hydrogen) atoms. The fourth-order valence-corrected chi connectivity index (χ4v) is 6.51. The average molecular weight is 527 g/mol. The summed E-state index contributed by atoms with van der Waals surface area (Å²) in [4.78, 5) is 33.4. The second-order valence-corrected chi connectivity index (χ2v) is 10.8. The number of hydrogen-bond acceptors (Lipinski definition) is 7. The highest BCUT2D eigenvalue weighted by molar-refractivity contribution is 7.22. The number of ketones is 1. The van der Waals surface area contributed by atoms with Gasteiger partial charge in [-0.15, -0.1) is 0 Å². The van der Waals surface area contributed by atoms with Crippen molar-refractivity contribution in [3.8, 4) is 11.5 Å². The summed E-state index contributed by atoms with van der Waals surface area (Å²) in [6.07, 6.45) is 0.741. The number of thiazole rings is 1. The number of ether oxygens (including phenoxy) is 2. The minimum Gasteiger partial charge on any atom is -0.507 e. The third-order valence-electron chi connectivity index (χ3n) is 7.05. The number of nitrogens with zero attached hydrogens (tertiary/aromatic N) is 2. The Kier molecular flexibility index (Phi) is 5.72. The van der Waals surface area contributed by atoms with Crippen molar-refractivity contribution in [2.24, 2.45) is 0 Å². The molecule has 6 rings (SSSR count). The third-order valence-corrected chi connectivity index (χ3v) is 8.05. The molecule has 1 saturated heterocycles. The van der Waals surface area contributed by atoms with E-state index in [0.29, 0.717) is 28.4 Å². The molecule has 0 saturated carbocycles. The summed E-state index contributed by atoms with van der Waals surface area (Å²) < 4.78 is 12.2. The van der Waals surface area contributed by atoms with Crippen LogP contribution in [0.4, 0.5) is 5.13 Å². The smallest absolute Gasteiger partial charge is 0.301 e. The molecule has 1 aromatic heterocycles. The number of carbonyl (C=O) groups excluding carboxylic acids is 2. The number of hydrogen-bond donors (Lipinski definition) is 1. The van der Waals surface area contributed by atoms with Crippen LogP contribution >= 0.6 is 11.3 Å². The van der Waals surface area contributed by atoms with Crippen LogP contribution < -0.4 is 14.4 Å². The number of aliphatic hydroxyl groups excluding tert-OH is 1. The van der Waals surface area contributed by atoms with E-state index in [9.17, 15) is 14.7 Å². The van der Waals surface area contributed by atoms with E-state index in [2.05, 4.69) is 0 Å². The summed E-state index contributed by atoms with van der Waals surface area (Å²) in [6.45, 7) is 5.97. The van der Waals surface area contributed by atoms with Gasteiger partial charge in [0.05, 0.1) is 28.9 Å². The van der Waals surface area contributed by atoms with Gasteiger partial charge in [0.25, 0.3) is 5.78 Å². The summed E-state index contributed by atoms with van der Waals surface area (Å²) in [5, 5.41) is 11.9. The summed E-state index contributed by atoms with van der Waals surface area (Å²) in [6, 6.07) is 15.7. The summed E-state index contributed by atoms with van der Waals surface area (Å²) >= 11 is 1.35. The Morgan fingerprint density at radius 3 is 2.74 bits per heavy atom. The molecule has 192 valence electrons. The van der Waals surface area contributed by atoms with Gasteiger partial charge in [0.1, 0.15) is 23.4 Å². The highest BCUT2D eigenvalue weighted by atomic mass is 32.1. The van der Waals surface area contributed by atoms with E-state index in [0.717, 1.165) is 32.7 Å². The van der Waals surface area contributed by atoms with Crippen LogP contribution in [0.2, 0.25) is 0 Å². The monoisotopic (exact) mass is 526 g/mol. The lowest BCUT2D eigenvalue weighted by molar-refractivity contribution is -0.132. The molecule has 0 unspecified atom stereocenters. The molecular formula is C30H26N2O5S. The first-order valence-corrected chi connectivity index (χ1v) is 13.2. The van der Waals surface area contributed by atoms with E-state index < -0.39 is 17.7 Å². The van der Waals surface area contributed by atoms with Gasteiger partial charge in [0.15, 0.2) is 5.13 Å².